The Balaban J connectivity index is 0.00000392. The quantitative estimate of drug-likeness (QED) is 0.251. The second-order valence-corrected chi connectivity index (χ2v) is 7.19. The van der Waals surface area contributed by atoms with Crippen LogP contribution in [0.1, 0.15) is 54.2 Å². The Morgan fingerprint density at radius 1 is 1.18 bits per heavy atom. The van der Waals surface area contributed by atoms with Gasteiger partial charge in [0.2, 0.25) is 0 Å². The van der Waals surface area contributed by atoms with Gasteiger partial charge >= 0.3 is 0 Å². The van der Waals surface area contributed by atoms with Crippen LogP contribution in [0, 0.1) is 27.7 Å². The zero-order valence-corrected chi connectivity index (χ0v) is 20.5. The Labute approximate surface area is 185 Å². The van der Waals surface area contributed by atoms with Crippen molar-refractivity contribution in [3.05, 3.63) is 34.0 Å². The molecule has 28 heavy (non-hydrogen) atoms. The van der Waals surface area contributed by atoms with E-state index in [1.54, 1.807) is 0 Å². The Morgan fingerprint density at radius 3 is 2.43 bits per heavy atom. The molecule has 8 heteroatoms. The minimum absolute atomic E-state index is 0. The standard InChI is InChI=1S/C20H34N6O.HI/c1-8-21-20(22-11-9-10-18-15(4)25-27-17(18)6)23-13(2)12-19-14(3)24-26(7)16(19)5;/h13H,8-12H2,1-7H3,(H2,21,22,23);1H. The van der Waals surface area contributed by atoms with Gasteiger partial charge < -0.3 is 15.2 Å². The third-order valence-electron chi connectivity index (χ3n) is 4.93. The lowest BCUT2D eigenvalue weighted by molar-refractivity contribution is 0.392. The maximum absolute atomic E-state index is 5.22. The van der Waals surface area contributed by atoms with Crippen LogP contribution in [-0.4, -0.2) is 40.0 Å². The summed E-state index contributed by atoms with van der Waals surface area (Å²) in [5.41, 5.74) is 5.83. The molecule has 0 radical (unpaired) electrons. The number of nitrogens with one attached hydrogen (secondary N) is 2. The molecule has 7 nitrogen and oxygen atoms in total. The van der Waals surface area contributed by atoms with E-state index in [0.29, 0.717) is 0 Å². The molecule has 0 aliphatic rings. The Kier molecular flexibility index (Phi) is 9.98. The molecule has 0 spiro atoms. The predicted octanol–water partition coefficient (Wildman–Crippen LogP) is 3.38. The number of rotatable bonds is 8. The molecule has 1 atom stereocenters. The van der Waals surface area contributed by atoms with Gasteiger partial charge in [0.25, 0.3) is 0 Å². The van der Waals surface area contributed by atoms with Crippen molar-refractivity contribution < 1.29 is 4.52 Å². The van der Waals surface area contributed by atoms with Gasteiger partial charge in [-0.25, -0.2) is 0 Å². The van der Waals surface area contributed by atoms with Crippen LogP contribution in [0.2, 0.25) is 0 Å². The number of halogens is 1. The van der Waals surface area contributed by atoms with E-state index in [9.17, 15) is 0 Å². The van der Waals surface area contributed by atoms with E-state index in [2.05, 4.69) is 48.6 Å². The highest BCUT2D eigenvalue weighted by atomic mass is 127. The third-order valence-corrected chi connectivity index (χ3v) is 4.93. The fraction of sp³-hybridized carbons (Fsp3) is 0.650. The van der Waals surface area contributed by atoms with E-state index < -0.39 is 0 Å². The molecule has 0 amide bonds. The number of aryl methyl sites for hydroxylation is 4. The zero-order valence-electron chi connectivity index (χ0n) is 18.2. The molecule has 0 aromatic carbocycles. The molecule has 158 valence electrons. The first-order chi connectivity index (χ1) is 12.8. The largest absolute Gasteiger partial charge is 0.361 e. The fourth-order valence-corrected chi connectivity index (χ4v) is 3.33. The molecule has 0 saturated heterocycles. The summed E-state index contributed by atoms with van der Waals surface area (Å²) in [5, 5.41) is 15.4. The van der Waals surface area contributed by atoms with Crippen molar-refractivity contribution in [1.29, 1.82) is 0 Å². The molecule has 0 aliphatic heterocycles. The number of hydrogen-bond acceptors (Lipinski definition) is 4. The minimum atomic E-state index is 0. The van der Waals surface area contributed by atoms with E-state index in [1.807, 2.05) is 25.6 Å². The van der Waals surface area contributed by atoms with Crippen LogP contribution in [0.3, 0.4) is 0 Å². The van der Waals surface area contributed by atoms with Crippen molar-refractivity contribution in [3.63, 3.8) is 0 Å². The smallest absolute Gasteiger partial charge is 0.191 e. The van der Waals surface area contributed by atoms with E-state index in [0.717, 1.165) is 55.5 Å². The van der Waals surface area contributed by atoms with Gasteiger partial charge in [-0.05, 0) is 66.4 Å². The van der Waals surface area contributed by atoms with Crippen molar-refractivity contribution in [3.8, 4) is 0 Å². The lowest BCUT2D eigenvalue weighted by Gasteiger charge is -2.18. The van der Waals surface area contributed by atoms with E-state index in [-0.39, 0.29) is 30.0 Å². The second kappa shape index (κ2) is 11.4. The van der Waals surface area contributed by atoms with Crippen molar-refractivity contribution in [1.82, 2.24) is 25.6 Å². The van der Waals surface area contributed by atoms with Gasteiger partial charge in [0.15, 0.2) is 5.96 Å². The molecule has 0 aliphatic carbocycles. The maximum Gasteiger partial charge on any atom is 0.191 e. The molecular formula is C20H35IN6O. The molecule has 2 aromatic rings. The Bertz CT molecular complexity index is 760. The van der Waals surface area contributed by atoms with Gasteiger partial charge in [0.05, 0.1) is 11.4 Å². The second-order valence-electron chi connectivity index (χ2n) is 7.19. The van der Waals surface area contributed by atoms with Gasteiger partial charge in [0, 0.05) is 37.4 Å². The molecule has 0 fully saturated rings. The van der Waals surface area contributed by atoms with E-state index in [1.165, 1.54) is 16.8 Å². The first kappa shape index (κ1) is 24.5. The molecule has 2 N–H and O–H groups in total. The molecule has 0 bridgehead atoms. The van der Waals surface area contributed by atoms with Crippen LogP contribution in [0.4, 0.5) is 0 Å². The Hall–Kier alpha value is -1.58. The van der Waals surface area contributed by atoms with Gasteiger partial charge in [-0.1, -0.05) is 5.16 Å². The molecular weight excluding hydrogens is 467 g/mol. The summed E-state index contributed by atoms with van der Waals surface area (Å²) < 4.78 is 7.17. The van der Waals surface area contributed by atoms with Crippen molar-refractivity contribution in [2.75, 3.05) is 13.1 Å². The normalized spacial score (nSPS) is 12.6. The molecule has 1 unspecified atom stereocenters. The molecule has 2 rings (SSSR count). The lowest BCUT2D eigenvalue weighted by Crippen LogP contribution is -2.43. The van der Waals surface area contributed by atoms with Gasteiger partial charge in [-0.2, -0.15) is 5.10 Å². The highest BCUT2D eigenvalue weighted by molar-refractivity contribution is 14.0. The summed E-state index contributed by atoms with van der Waals surface area (Å²) in [4.78, 5) is 4.73. The van der Waals surface area contributed by atoms with Crippen molar-refractivity contribution in [2.45, 2.75) is 66.8 Å². The minimum Gasteiger partial charge on any atom is -0.361 e. The number of hydrogen-bond donors (Lipinski definition) is 2. The predicted molar refractivity (Wildman–Crippen MR) is 125 cm³/mol. The van der Waals surface area contributed by atoms with Crippen LogP contribution in [0.25, 0.3) is 0 Å². The van der Waals surface area contributed by atoms with Crippen LogP contribution >= 0.6 is 24.0 Å². The molecule has 0 saturated carbocycles. The first-order valence-corrected chi connectivity index (χ1v) is 9.79. The Morgan fingerprint density at radius 2 is 1.89 bits per heavy atom. The topological polar surface area (TPSA) is 80.3 Å². The average Bonchev–Trinajstić information content (AvgIpc) is 3.05. The number of guanidine groups is 1. The SMILES string of the molecule is CCNC(=NCCCc1c(C)noc1C)NC(C)Cc1c(C)nn(C)c1C.I. The maximum atomic E-state index is 5.22. The monoisotopic (exact) mass is 502 g/mol. The average molecular weight is 502 g/mol. The third kappa shape index (κ3) is 6.49. The summed E-state index contributed by atoms with van der Waals surface area (Å²) in [6.45, 7) is 14.0. The fourth-order valence-electron chi connectivity index (χ4n) is 3.33. The highest BCUT2D eigenvalue weighted by Gasteiger charge is 2.14. The summed E-state index contributed by atoms with van der Waals surface area (Å²) >= 11 is 0. The van der Waals surface area contributed by atoms with Gasteiger partial charge in [-0.15, -0.1) is 24.0 Å². The molecule has 2 aromatic heterocycles. The van der Waals surface area contributed by atoms with Crippen molar-refractivity contribution >= 4 is 29.9 Å². The summed E-state index contributed by atoms with van der Waals surface area (Å²) in [6.07, 6.45) is 2.83. The van der Waals surface area contributed by atoms with Crippen LogP contribution < -0.4 is 10.6 Å². The number of nitrogens with zero attached hydrogens (tertiary/aromatic N) is 4. The van der Waals surface area contributed by atoms with Crippen LogP contribution in [-0.2, 0) is 19.9 Å². The lowest BCUT2D eigenvalue weighted by atomic mass is 10.1. The molecule has 2 heterocycles. The van der Waals surface area contributed by atoms with E-state index in [4.69, 9.17) is 9.52 Å². The van der Waals surface area contributed by atoms with Crippen molar-refractivity contribution in [2.24, 2.45) is 12.0 Å². The van der Waals surface area contributed by atoms with Gasteiger partial charge in [-0.3, -0.25) is 9.67 Å². The number of aliphatic imine (C=N–C) groups is 1. The number of aromatic nitrogens is 3. The van der Waals surface area contributed by atoms with Gasteiger partial charge in [0.1, 0.15) is 5.76 Å². The zero-order chi connectivity index (χ0) is 20.0. The highest BCUT2D eigenvalue weighted by Crippen LogP contribution is 2.15. The summed E-state index contributed by atoms with van der Waals surface area (Å²) in [6, 6.07) is 0.270. The first-order valence-electron chi connectivity index (χ1n) is 9.79. The van der Waals surface area contributed by atoms with E-state index >= 15 is 0 Å². The van der Waals surface area contributed by atoms with Crippen LogP contribution in [0.5, 0.6) is 0 Å². The van der Waals surface area contributed by atoms with Crippen LogP contribution in [0.15, 0.2) is 9.52 Å². The summed E-state index contributed by atoms with van der Waals surface area (Å²) in [7, 11) is 1.99. The summed E-state index contributed by atoms with van der Waals surface area (Å²) in [5.74, 6) is 1.78.